The Morgan fingerprint density at radius 1 is 1.48 bits per heavy atom. The molecular weight excluding hydrogens is 332 g/mol. The highest BCUT2D eigenvalue weighted by Gasteiger charge is 2.51. The quantitative estimate of drug-likeness (QED) is 0.903. The number of hydrogen-bond acceptors (Lipinski definition) is 4. The van der Waals surface area contributed by atoms with Gasteiger partial charge < -0.3 is 14.9 Å². The maximum absolute atomic E-state index is 12.8. The summed E-state index contributed by atoms with van der Waals surface area (Å²) in [5.41, 5.74) is 0.926. The Morgan fingerprint density at radius 2 is 2.22 bits per heavy atom. The number of piperidine rings is 1. The Balaban J connectivity index is 0.00000192. The molecule has 2 aliphatic rings. The number of carbonyl (C=O) groups is 1. The molecule has 6 heteroatoms. The van der Waals surface area contributed by atoms with E-state index < -0.39 is 0 Å². The molecule has 0 spiro atoms. The van der Waals surface area contributed by atoms with Crippen LogP contribution in [0.5, 0.6) is 0 Å². The number of likely N-dealkylation sites (tertiary alicyclic amines) is 2. The van der Waals surface area contributed by atoms with Crippen LogP contribution < -0.4 is 0 Å². The van der Waals surface area contributed by atoms with Crippen LogP contribution in [0.1, 0.15) is 35.5 Å². The summed E-state index contributed by atoms with van der Waals surface area (Å²) >= 11 is 1.53. The van der Waals surface area contributed by atoms with Crippen molar-refractivity contribution in [3.63, 3.8) is 0 Å². The van der Waals surface area contributed by atoms with Crippen molar-refractivity contribution in [2.24, 2.45) is 11.3 Å². The molecule has 0 aliphatic carbocycles. The summed E-state index contributed by atoms with van der Waals surface area (Å²) in [5.74, 6) is 0.572. The minimum Gasteiger partial charge on any atom is -0.396 e. The molecule has 1 aromatic rings. The average Bonchev–Trinajstić information content (AvgIpc) is 3.09. The van der Waals surface area contributed by atoms with Crippen LogP contribution in [0, 0.1) is 18.3 Å². The summed E-state index contributed by atoms with van der Waals surface area (Å²) in [6, 6.07) is 2.50. The van der Waals surface area contributed by atoms with Crippen LogP contribution in [0.15, 0.2) is 11.4 Å². The van der Waals surface area contributed by atoms with E-state index in [0.717, 1.165) is 36.5 Å². The number of thiophene rings is 1. The number of rotatable bonds is 3. The van der Waals surface area contributed by atoms with Crippen LogP contribution in [0.25, 0.3) is 0 Å². The molecule has 2 saturated heterocycles. The van der Waals surface area contributed by atoms with Gasteiger partial charge in [0, 0.05) is 31.1 Å². The van der Waals surface area contributed by atoms with Gasteiger partial charge in [0.15, 0.2) is 0 Å². The van der Waals surface area contributed by atoms with Gasteiger partial charge in [0.1, 0.15) is 0 Å². The first kappa shape index (κ1) is 18.7. The van der Waals surface area contributed by atoms with Gasteiger partial charge in [0.05, 0.1) is 11.5 Å². The molecule has 2 aliphatic heterocycles. The van der Waals surface area contributed by atoms with Gasteiger partial charge in [-0.25, -0.2) is 0 Å². The molecule has 0 unspecified atom stereocenters. The van der Waals surface area contributed by atoms with Gasteiger partial charge in [-0.3, -0.25) is 4.79 Å². The van der Waals surface area contributed by atoms with Gasteiger partial charge >= 0.3 is 0 Å². The molecule has 1 N–H and O–H groups in total. The normalized spacial score (nSPS) is 27.9. The maximum Gasteiger partial charge on any atom is 0.264 e. The molecule has 1 amide bonds. The van der Waals surface area contributed by atoms with Gasteiger partial charge in [-0.05, 0) is 56.7 Å². The molecule has 130 valence electrons. The second-order valence-corrected chi connectivity index (χ2v) is 8.10. The van der Waals surface area contributed by atoms with E-state index in [-0.39, 0.29) is 30.3 Å². The third-order valence-electron chi connectivity index (χ3n) is 5.48. The van der Waals surface area contributed by atoms with Crippen LogP contribution in [-0.2, 0) is 0 Å². The van der Waals surface area contributed by atoms with Crippen molar-refractivity contribution in [1.29, 1.82) is 0 Å². The lowest BCUT2D eigenvalue weighted by Crippen LogP contribution is -2.52. The third kappa shape index (κ3) is 3.29. The van der Waals surface area contributed by atoms with Crippen LogP contribution >= 0.6 is 23.7 Å². The second kappa shape index (κ2) is 7.09. The van der Waals surface area contributed by atoms with E-state index in [1.807, 2.05) is 23.3 Å². The standard InChI is InChI=1S/C17H26N2O2S.ClH/c1-12(2)18-6-4-14-8-19(10-17(14,9-18)11-20)16(21)15-13(3)5-7-22-15;/h5,7,12,14,20H,4,6,8-11H2,1-3H3;1H/t14-,17+;/m0./s1. The number of hydrogen-bond donors (Lipinski definition) is 1. The molecule has 3 heterocycles. The molecular formula is C17H27ClN2O2S. The average molecular weight is 359 g/mol. The first-order valence-electron chi connectivity index (χ1n) is 8.15. The van der Waals surface area contributed by atoms with Gasteiger partial charge in [0.25, 0.3) is 5.91 Å². The monoisotopic (exact) mass is 358 g/mol. The number of fused-ring (bicyclic) bond motifs is 1. The molecule has 3 rings (SSSR count). The van der Waals surface area contributed by atoms with E-state index in [1.54, 1.807) is 0 Å². The summed E-state index contributed by atoms with van der Waals surface area (Å²) in [6.45, 7) is 10.0. The van der Waals surface area contributed by atoms with Crippen LogP contribution in [0.3, 0.4) is 0 Å². The van der Waals surface area contributed by atoms with Crippen LogP contribution in [-0.4, -0.2) is 59.6 Å². The van der Waals surface area contributed by atoms with E-state index in [2.05, 4.69) is 18.7 Å². The molecule has 0 saturated carbocycles. The van der Waals surface area contributed by atoms with E-state index in [4.69, 9.17) is 0 Å². The number of aryl methyl sites for hydroxylation is 1. The van der Waals surface area contributed by atoms with Gasteiger partial charge in [-0.15, -0.1) is 23.7 Å². The highest BCUT2D eigenvalue weighted by Crippen LogP contribution is 2.43. The number of aliphatic hydroxyl groups is 1. The minimum atomic E-state index is -0.136. The zero-order valence-electron chi connectivity index (χ0n) is 14.1. The van der Waals surface area contributed by atoms with E-state index in [0.29, 0.717) is 18.5 Å². The molecule has 0 bridgehead atoms. The number of aliphatic hydroxyl groups excluding tert-OH is 1. The fourth-order valence-electron chi connectivity index (χ4n) is 3.98. The molecule has 2 fully saturated rings. The fourth-order valence-corrected chi connectivity index (χ4v) is 4.87. The van der Waals surface area contributed by atoms with Crippen molar-refractivity contribution in [1.82, 2.24) is 9.80 Å². The van der Waals surface area contributed by atoms with E-state index in [1.165, 1.54) is 11.3 Å². The largest absolute Gasteiger partial charge is 0.396 e. The van der Waals surface area contributed by atoms with Crippen molar-refractivity contribution in [3.8, 4) is 0 Å². The zero-order chi connectivity index (χ0) is 15.9. The minimum absolute atomic E-state index is 0. The van der Waals surface area contributed by atoms with Crippen LogP contribution in [0.2, 0.25) is 0 Å². The Hall–Kier alpha value is -0.620. The number of halogens is 1. The fraction of sp³-hybridized carbons (Fsp3) is 0.706. The lowest BCUT2D eigenvalue weighted by molar-refractivity contribution is -0.00102. The van der Waals surface area contributed by atoms with Crippen molar-refractivity contribution in [3.05, 3.63) is 21.9 Å². The molecule has 0 radical (unpaired) electrons. The highest BCUT2D eigenvalue weighted by molar-refractivity contribution is 7.12. The highest BCUT2D eigenvalue weighted by atomic mass is 35.5. The van der Waals surface area contributed by atoms with E-state index >= 15 is 0 Å². The van der Waals surface area contributed by atoms with Crippen molar-refractivity contribution in [2.75, 3.05) is 32.8 Å². The molecule has 4 nitrogen and oxygen atoms in total. The lowest BCUT2D eigenvalue weighted by atomic mass is 9.73. The summed E-state index contributed by atoms with van der Waals surface area (Å²) in [6.07, 6.45) is 1.08. The van der Waals surface area contributed by atoms with Crippen molar-refractivity contribution in [2.45, 2.75) is 33.2 Å². The maximum atomic E-state index is 12.8. The SMILES string of the molecule is Cc1ccsc1C(=O)N1C[C@@H]2CCN(C(C)C)C[C@]2(CO)C1.Cl. The first-order chi connectivity index (χ1) is 10.5. The number of amides is 1. The molecule has 23 heavy (non-hydrogen) atoms. The Labute approximate surface area is 148 Å². The van der Waals surface area contributed by atoms with Crippen molar-refractivity contribution >= 4 is 29.7 Å². The van der Waals surface area contributed by atoms with Gasteiger partial charge in [-0.2, -0.15) is 0 Å². The Morgan fingerprint density at radius 3 is 2.78 bits per heavy atom. The summed E-state index contributed by atoms with van der Waals surface area (Å²) in [5, 5.41) is 12.1. The smallest absolute Gasteiger partial charge is 0.264 e. The van der Waals surface area contributed by atoms with Crippen LogP contribution in [0.4, 0.5) is 0 Å². The Bertz CT molecular complexity index is 563. The van der Waals surface area contributed by atoms with Gasteiger partial charge in [0.2, 0.25) is 0 Å². The predicted molar refractivity (Wildman–Crippen MR) is 96.5 cm³/mol. The predicted octanol–water partition coefficient (Wildman–Crippen LogP) is 2.64. The van der Waals surface area contributed by atoms with Crippen molar-refractivity contribution < 1.29 is 9.90 Å². The number of carbonyl (C=O) groups excluding carboxylic acids is 1. The molecule has 1 aromatic heterocycles. The first-order valence-corrected chi connectivity index (χ1v) is 9.03. The van der Waals surface area contributed by atoms with E-state index in [9.17, 15) is 9.90 Å². The van der Waals surface area contributed by atoms with Gasteiger partial charge in [-0.1, -0.05) is 0 Å². The Kier molecular flexibility index (Phi) is 5.77. The molecule has 2 atom stereocenters. The lowest BCUT2D eigenvalue weighted by Gasteiger charge is -2.44. The molecule has 0 aromatic carbocycles. The zero-order valence-corrected chi connectivity index (χ0v) is 15.8. The topological polar surface area (TPSA) is 43.8 Å². The summed E-state index contributed by atoms with van der Waals surface area (Å²) in [4.78, 5) is 18.1. The third-order valence-corrected chi connectivity index (χ3v) is 6.49. The second-order valence-electron chi connectivity index (χ2n) is 7.19. The number of nitrogens with zero attached hydrogens (tertiary/aromatic N) is 2. The summed E-state index contributed by atoms with van der Waals surface area (Å²) in [7, 11) is 0. The summed E-state index contributed by atoms with van der Waals surface area (Å²) < 4.78 is 0.